The molecule has 0 bridgehead atoms. The molecule has 2 heteroatoms. The molecule has 0 radical (unpaired) electrons. The molecule has 19 heavy (non-hydrogen) atoms. The van der Waals surface area contributed by atoms with Crippen molar-refractivity contribution in [3.05, 3.63) is 65.6 Å². The van der Waals surface area contributed by atoms with Crippen molar-refractivity contribution in [3.8, 4) is 20.2 Å². The number of benzene rings is 1. The molecule has 0 atom stereocenters. The molecule has 0 spiro atoms. The van der Waals surface area contributed by atoms with Gasteiger partial charge in [0.15, 0.2) is 0 Å². The average molecular weight is 282 g/mol. The molecule has 0 saturated carbocycles. The van der Waals surface area contributed by atoms with Gasteiger partial charge in [0.05, 0.1) is 0 Å². The summed E-state index contributed by atoms with van der Waals surface area (Å²) in [4.78, 5) is 5.38. The molecule has 0 amide bonds. The van der Waals surface area contributed by atoms with Crippen molar-refractivity contribution in [3.63, 3.8) is 0 Å². The zero-order chi connectivity index (χ0) is 13.2. The van der Waals surface area contributed by atoms with E-state index in [1.165, 1.54) is 25.1 Å². The van der Waals surface area contributed by atoms with E-state index in [2.05, 4.69) is 62.0 Å². The molecule has 0 fully saturated rings. The lowest BCUT2D eigenvalue weighted by Gasteiger charge is -1.98. The lowest BCUT2D eigenvalue weighted by molar-refractivity contribution is 1.64. The van der Waals surface area contributed by atoms with E-state index in [0.29, 0.717) is 0 Å². The van der Waals surface area contributed by atoms with E-state index >= 15 is 0 Å². The van der Waals surface area contributed by atoms with Gasteiger partial charge in [0.2, 0.25) is 0 Å². The van der Waals surface area contributed by atoms with Crippen molar-refractivity contribution in [1.29, 1.82) is 0 Å². The number of rotatable bonds is 3. The van der Waals surface area contributed by atoms with Crippen molar-refractivity contribution in [1.82, 2.24) is 0 Å². The topological polar surface area (TPSA) is 0 Å². The fourth-order valence-electron chi connectivity index (χ4n) is 1.98. The van der Waals surface area contributed by atoms with Gasteiger partial charge in [0, 0.05) is 19.5 Å². The van der Waals surface area contributed by atoms with Gasteiger partial charge >= 0.3 is 0 Å². The second kappa shape index (κ2) is 5.16. The Morgan fingerprint density at radius 1 is 0.789 bits per heavy atom. The first-order valence-corrected chi connectivity index (χ1v) is 7.79. The summed E-state index contributed by atoms with van der Waals surface area (Å²) in [6.07, 6.45) is 1.87. The first-order valence-electron chi connectivity index (χ1n) is 6.16. The second-order valence-corrected chi connectivity index (χ2v) is 6.77. The van der Waals surface area contributed by atoms with Crippen molar-refractivity contribution < 1.29 is 0 Å². The van der Waals surface area contributed by atoms with Gasteiger partial charge < -0.3 is 0 Å². The molecule has 94 valence electrons. The van der Waals surface area contributed by atoms with Crippen LogP contribution in [0.3, 0.4) is 0 Å². The highest BCUT2D eigenvalue weighted by atomic mass is 32.1. The number of thiophene rings is 2. The molecule has 0 N–H and O–H groups in total. The van der Waals surface area contributed by atoms with Gasteiger partial charge in [-0.2, -0.15) is 0 Å². The zero-order valence-corrected chi connectivity index (χ0v) is 12.4. The Kier molecular flexibility index (Phi) is 3.36. The number of hydrogen-bond donors (Lipinski definition) is 0. The summed E-state index contributed by atoms with van der Waals surface area (Å²) in [6, 6.07) is 17.3. The molecule has 0 saturated heterocycles. The van der Waals surface area contributed by atoms with E-state index < -0.39 is 0 Å². The summed E-state index contributed by atoms with van der Waals surface area (Å²) in [5.41, 5.74) is 2.43. The molecule has 0 aliphatic carbocycles. The second-order valence-electron chi connectivity index (χ2n) is 4.40. The van der Waals surface area contributed by atoms with Gasteiger partial charge in [-0.1, -0.05) is 36.9 Å². The van der Waals surface area contributed by atoms with E-state index in [1.54, 1.807) is 0 Å². The smallest absolute Gasteiger partial charge is 0.0449 e. The van der Waals surface area contributed by atoms with Crippen molar-refractivity contribution in [2.45, 2.75) is 6.92 Å². The van der Waals surface area contributed by atoms with Gasteiger partial charge in [-0.15, -0.1) is 22.7 Å². The van der Waals surface area contributed by atoms with Crippen LogP contribution in [0.15, 0.2) is 55.1 Å². The number of hydrogen-bond acceptors (Lipinski definition) is 2. The van der Waals surface area contributed by atoms with Crippen LogP contribution in [0, 0.1) is 6.92 Å². The fourth-order valence-corrected chi connectivity index (χ4v) is 3.95. The quantitative estimate of drug-likeness (QED) is 0.545. The molecule has 0 aliphatic heterocycles. The van der Waals surface area contributed by atoms with Crippen molar-refractivity contribution >= 4 is 28.7 Å². The lowest BCUT2D eigenvalue weighted by atomic mass is 10.1. The first-order chi connectivity index (χ1) is 9.26. The van der Waals surface area contributed by atoms with E-state index in [0.717, 1.165) is 5.56 Å². The molecular weight excluding hydrogens is 268 g/mol. The van der Waals surface area contributed by atoms with E-state index in [4.69, 9.17) is 0 Å². The third-order valence-corrected chi connectivity index (χ3v) is 5.35. The van der Waals surface area contributed by atoms with Crippen molar-refractivity contribution in [2.75, 3.05) is 0 Å². The van der Waals surface area contributed by atoms with Crippen LogP contribution in [0.4, 0.5) is 0 Å². The average Bonchev–Trinajstić information content (AvgIpc) is 3.07. The molecule has 1 aromatic carbocycles. The SMILES string of the molecule is C=Cc1ccc(-c2ccc(-c3ccc(C)s3)s2)cc1. The molecule has 2 aromatic heterocycles. The largest absolute Gasteiger partial charge is 0.140 e. The molecule has 2 heterocycles. The van der Waals surface area contributed by atoms with Gasteiger partial charge in [0.1, 0.15) is 0 Å². The maximum atomic E-state index is 3.78. The Labute approximate surface area is 121 Å². The predicted octanol–water partition coefficient (Wildman–Crippen LogP) is 6.10. The Balaban J connectivity index is 1.93. The summed E-state index contributed by atoms with van der Waals surface area (Å²) < 4.78 is 0. The van der Waals surface area contributed by atoms with Crippen LogP contribution in [0.25, 0.3) is 26.3 Å². The van der Waals surface area contributed by atoms with Crippen LogP contribution in [-0.4, -0.2) is 0 Å². The minimum Gasteiger partial charge on any atom is -0.140 e. The van der Waals surface area contributed by atoms with Crippen LogP contribution in [0.1, 0.15) is 10.4 Å². The van der Waals surface area contributed by atoms with E-state index in [-0.39, 0.29) is 0 Å². The van der Waals surface area contributed by atoms with Crippen LogP contribution in [0.2, 0.25) is 0 Å². The highest BCUT2D eigenvalue weighted by molar-refractivity contribution is 7.23. The highest BCUT2D eigenvalue weighted by Crippen LogP contribution is 2.37. The molecule has 0 nitrogen and oxygen atoms in total. The predicted molar refractivity (Wildman–Crippen MR) is 87.9 cm³/mol. The standard InChI is InChI=1S/C17H14S2/c1-3-13-5-7-14(8-6-13)15-10-11-17(19-15)16-9-4-12(2)18-16/h3-11H,1H2,2H3. The summed E-state index contributed by atoms with van der Waals surface area (Å²) in [5, 5.41) is 0. The third kappa shape index (κ3) is 2.55. The van der Waals surface area contributed by atoms with Gasteiger partial charge in [-0.05, 0) is 42.3 Å². The minimum absolute atomic E-state index is 1.16. The summed E-state index contributed by atoms with van der Waals surface area (Å²) in [7, 11) is 0. The van der Waals surface area contributed by atoms with E-state index in [9.17, 15) is 0 Å². The summed E-state index contributed by atoms with van der Waals surface area (Å²) in [5.74, 6) is 0. The lowest BCUT2D eigenvalue weighted by Crippen LogP contribution is -1.73. The Morgan fingerprint density at radius 3 is 2.05 bits per heavy atom. The Morgan fingerprint density at radius 2 is 1.42 bits per heavy atom. The highest BCUT2D eigenvalue weighted by Gasteiger charge is 2.06. The number of aryl methyl sites for hydroxylation is 1. The first kappa shape index (κ1) is 12.4. The van der Waals surface area contributed by atoms with E-state index in [1.807, 2.05) is 28.7 Å². The molecule has 0 unspecified atom stereocenters. The minimum atomic E-state index is 1.16. The zero-order valence-electron chi connectivity index (χ0n) is 10.7. The van der Waals surface area contributed by atoms with Crippen LogP contribution >= 0.6 is 22.7 Å². The van der Waals surface area contributed by atoms with Gasteiger partial charge in [0.25, 0.3) is 0 Å². The van der Waals surface area contributed by atoms with Crippen molar-refractivity contribution in [2.24, 2.45) is 0 Å². The van der Waals surface area contributed by atoms with Gasteiger partial charge in [-0.25, -0.2) is 0 Å². The summed E-state index contributed by atoms with van der Waals surface area (Å²) in [6.45, 7) is 5.93. The third-order valence-electron chi connectivity index (χ3n) is 3.02. The van der Waals surface area contributed by atoms with Crippen LogP contribution < -0.4 is 0 Å². The fraction of sp³-hybridized carbons (Fsp3) is 0.0588. The molecule has 0 aliphatic rings. The maximum absolute atomic E-state index is 3.78. The molecule has 3 aromatic rings. The van der Waals surface area contributed by atoms with Gasteiger partial charge in [-0.3, -0.25) is 0 Å². The van der Waals surface area contributed by atoms with Crippen LogP contribution in [-0.2, 0) is 0 Å². The summed E-state index contributed by atoms with van der Waals surface area (Å²) >= 11 is 3.70. The van der Waals surface area contributed by atoms with Crippen LogP contribution in [0.5, 0.6) is 0 Å². The maximum Gasteiger partial charge on any atom is 0.0449 e. The molecule has 3 rings (SSSR count). The molecular formula is C17H14S2. The Hall–Kier alpha value is -1.64. The normalized spacial score (nSPS) is 10.6. The Bertz CT molecular complexity index is 699. The monoisotopic (exact) mass is 282 g/mol.